The molecule has 1 fully saturated rings. The van der Waals surface area contributed by atoms with E-state index in [1.54, 1.807) is 0 Å². The van der Waals surface area contributed by atoms with Crippen molar-refractivity contribution in [1.29, 1.82) is 0 Å². The summed E-state index contributed by atoms with van der Waals surface area (Å²) in [6, 6.07) is 9.00. The number of nitrogens with zero attached hydrogens (tertiary/aromatic N) is 1. The number of likely N-dealkylation sites (tertiary alicyclic amines) is 1. The van der Waals surface area contributed by atoms with Crippen LogP contribution in [0.25, 0.3) is 0 Å². The number of hydrogen-bond donors (Lipinski definition) is 1. The number of carboxylic acids is 1. The van der Waals surface area contributed by atoms with Gasteiger partial charge in [0, 0.05) is 13.1 Å². The summed E-state index contributed by atoms with van der Waals surface area (Å²) in [5.74, 6) is -1.36. The van der Waals surface area contributed by atoms with Gasteiger partial charge in [-0.2, -0.15) is 0 Å². The van der Waals surface area contributed by atoms with Gasteiger partial charge in [0.05, 0.1) is 13.0 Å². The highest BCUT2D eigenvalue weighted by molar-refractivity contribution is 5.77. The Balaban J connectivity index is 2.13. The third-order valence-corrected chi connectivity index (χ3v) is 3.78. The number of hydrogen-bond acceptors (Lipinski definition) is 4. The number of rotatable bonds is 4. The summed E-state index contributed by atoms with van der Waals surface area (Å²) < 4.78 is 4.90. The predicted molar refractivity (Wildman–Crippen MR) is 73.1 cm³/mol. The molecule has 1 aliphatic rings. The molecule has 1 aromatic carbocycles. The number of piperidine rings is 1. The number of carbonyl (C=O) groups is 2. The zero-order chi connectivity index (χ0) is 14.5. The van der Waals surface area contributed by atoms with Crippen LogP contribution >= 0.6 is 0 Å². The van der Waals surface area contributed by atoms with Crippen molar-refractivity contribution in [2.75, 3.05) is 20.2 Å². The predicted octanol–water partition coefficient (Wildman–Crippen LogP) is 1.70. The highest BCUT2D eigenvalue weighted by Crippen LogP contribution is 2.27. The first-order valence-electron chi connectivity index (χ1n) is 6.73. The number of esters is 1. The topological polar surface area (TPSA) is 66.8 Å². The van der Waals surface area contributed by atoms with Crippen molar-refractivity contribution in [2.24, 2.45) is 5.92 Å². The van der Waals surface area contributed by atoms with E-state index in [9.17, 15) is 9.59 Å². The molecular formula is C15H19NO4. The zero-order valence-corrected chi connectivity index (χ0v) is 11.5. The fraction of sp³-hybridized carbons (Fsp3) is 0.467. The molecule has 5 heteroatoms. The lowest BCUT2D eigenvalue weighted by Crippen LogP contribution is -2.42. The second-order valence-electron chi connectivity index (χ2n) is 4.98. The highest BCUT2D eigenvalue weighted by Gasteiger charge is 2.33. The van der Waals surface area contributed by atoms with Gasteiger partial charge in [-0.15, -0.1) is 0 Å². The van der Waals surface area contributed by atoms with Gasteiger partial charge in [-0.1, -0.05) is 30.3 Å². The molecule has 108 valence electrons. The molecule has 0 aromatic heterocycles. The standard InChI is InChI=1S/C15H19NO4/c1-20-15(19)13(11-5-3-2-4-6-11)16-9-7-12(8-10-16)14(17)18/h2-6,12-13H,7-10H2,1H3,(H,17,18). The van der Waals surface area contributed by atoms with Gasteiger partial charge in [0.1, 0.15) is 6.04 Å². The monoisotopic (exact) mass is 277 g/mol. The molecule has 0 spiro atoms. The van der Waals surface area contributed by atoms with Crippen LogP contribution in [0.4, 0.5) is 0 Å². The van der Waals surface area contributed by atoms with Gasteiger partial charge in [-0.25, -0.2) is 4.79 Å². The summed E-state index contributed by atoms with van der Waals surface area (Å²) in [4.78, 5) is 25.0. The van der Waals surface area contributed by atoms with Crippen LogP contribution < -0.4 is 0 Å². The lowest BCUT2D eigenvalue weighted by molar-refractivity contribution is -0.149. The molecule has 20 heavy (non-hydrogen) atoms. The minimum atomic E-state index is -0.751. The molecule has 1 N–H and O–H groups in total. The maximum absolute atomic E-state index is 12.0. The first kappa shape index (κ1) is 14.5. The second kappa shape index (κ2) is 6.52. The molecule has 2 rings (SSSR count). The quantitative estimate of drug-likeness (QED) is 0.848. The lowest BCUT2D eigenvalue weighted by Gasteiger charge is -2.35. The smallest absolute Gasteiger partial charge is 0.327 e. The van der Waals surface area contributed by atoms with Crippen molar-refractivity contribution in [3.05, 3.63) is 35.9 Å². The lowest BCUT2D eigenvalue weighted by atomic mass is 9.94. The van der Waals surface area contributed by atoms with Crippen molar-refractivity contribution in [2.45, 2.75) is 18.9 Å². The molecule has 1 saturated heterocycles. The molecule has 1 aliphatic heterocycles. The van der Waals surface area contributed by atoms with Crippen LogP contribution in [-0.4, -0.2) is 42.1 Å². The summed E-state index contributed by atoms with van der Waals surface area (Å²) in [5, 5.41) is 9.03. The molecule has 1 aromatic rings. The Hall–Kier alpha value is -1.88. The fourth-order valence-electron chi connectivity index (χ4n) is 2.65. The molecule has 0 bridgehead atoms. The van der Waals surface area contributed by atoms with E-state index in [4.69, 9.17) is 9.84 Å². The summed E-state index contributed by atoms with van der Waals surface area (Å²) in [5.41, 5.74) is 0.883. The van der Waals surface area contributed by atoms with E-state index in [0.717, 1.165) is 5.56 Å². The first-order chi connectivity index (χ1) is 9.63. The van der Waals surface area contributed by atoms with Crippen molar-refractivity contribution in [3.63, 3.8) is 0 Å². The molecular weight excluding hydrogens is 258 g/mol. The highest BCUT2D eigenvalue weighted by atomic mass is 16.5. The van der Waals surface area contributed by atoms with E-state index in [2.05, 4.69) is 0 Å². The number of methoxy groups -OCH3 is 1. The van der Waals surface area contributed by atoms with Gasteiger partial charge < -0.3 is 9.84 Å². The Morgan fingerprint density at radius 3 is 2.35 bits per heavy atom. The second-order valence-corrected chi connectivity index (χ2v) is 4.98. The van der Waals surface area contributed by atoms with Crippen LogP contribution in [0.2, 0.25) is 0 Å². The summed E-state index contributed by atoms with van der Waals surface area (Å²) >= 11 is 0. The van der Waals surface area contributed by atoms with E-state index in [1.807, 2.05) is 35.2 Å². The Morgan fingerprint density at radius 2 is 1.85 bits per heavy atom. The van der Waals surface area contributed by atoms with Crippen LogP contribution in [0.1, 0.15) is 24.4 Å². The number of carboxylic acid groups (broad SMARTS) is 1. The Labute approximate surface area is 118 Å². The Morgan fingerprint density at radius 1 is 1.25 bits per heavy atom. The molecule has 0 radical (unpaired) electrons. The van der Waals surface area contributed by atoms with Gasteiger partial charge in [-0.05, 0) is 18.4 Å². The van der Waals surface area contributed by atoms with Crippen molar-refractivity contribution >= 4 is 11.9 Å². The largest absolute Gasteiger partial charge is 0.481 e. The molecule has 1 heterocycles. The Bertz CT molecular complexity index is 466. The van der Waals surface area contributed by atoms with Gasteiger partial charge in [0.2, 0.25) is 0 Å². The maximum atomic E-state index is 12.0. The minimum Gasteiger partial charge on any atom is -0.481 e. The van der Waals surface area contributed by atoms with E-state index in [1.165, 1.54) is 7.11 Å². The third-order valence-electron chi connectivity index (χ3n) is 3.78. The summed E-state index contributed by atoms with van der Waals surface area (Å²) in [7, 11) is 1.38. The zero-order valence-electron chi connectivity index (χ0n) is 11.5. The number of carbonyl (C=O) groups excluding carboxylic acids is 1. The molecule has 0 saturated carbocycles. The summed E-state index contributed by atoms with van der Waals surface area (Å²) in [6.45, 7) is 1.18. The molecule has 1 atom stereocenters. The van der Waals surface area contributed by atoms with Crippen LogP contribution in [0.15, 0.2) is 30.3 Å². The SMILES string of the molecule is COC(=O)C(c1ccccc1)N1CCC(C(=O)O)CC1. The van der Waals surface area contributed by atoms with Crippen LogP contribution in [-0.2, 0) is 14.3 Å². The number of aliphatic carboxylic acids is 1. The molecule has 0 amide bonds. The normalized spacial score (nSPS) is 18.4. The van der Waals surface area contributed by atoms with E-state index in [0.29, 0.717) is 25.9 Å². The Kier molecular flexibility index (Phi) is 4.74. The van der Waals surface area contributed by atoms with Crippen molar-refractivity contribution < 1.29 is 19.4 Å². The average molecular weight is 277 g/mol. The van der Waals surface area contributed by atoms with Crippen LogP contribution in [0.5, 0.6) is 0 Å². The molecule has 1 unspecified atom stereocenters. The number of ether oxygens (including phenoxy) is 1. The molecule has 0 aliphatic carbocycles. The summed E-state index contributed by atoms with van der Waals surface area (Å²) in [6.07, 6.45) is 1.13. The average Bonchev–Trinajstić information content (AvgIpc) is 2.49. The van der Waals surface area contributed by atoms with Crippen molar-refractivity contribution in [1.82, 2.24) is 4.90 Å². The first-order valence-corrected chi connectivity index (χ1v) is 6.73. The fourth-order valence-corrected chi connectivity index (χ4v) is 2.65. The van der Waals surface area contributed by atoms with Gasteiger partial charge in [0.25, 0.3) is 0 Å². The minimum absolute atomic E-state index is 0.301. The molecule has 5 nitrogen and oxygen atoms in total. The van der Waals surface area contributed by atoms with E-state index >= 15 is 0 Å². The van der Waals surface area contributed by atoms with Gasteiger partial charge in [-0.3, -0.25) is 9.69 Å². The van der Waals surface area contributed by atoms with E-state index < -0.39 is 12.0 Å². The van der Waals surface area contributed by atoms with Crippen LogP contribution in [0, 0.1) is 5.92 Å². The number of benzene rings is 1. The van der Waals surface area contributed by atoms with Crippen LogP contribution in [0.3, 0.4) is 0 Å². The van der Waals surface area contributed by atoms with Gasteiger partial charge >= 0.3 is 11.9 Å². The van der Waals surface area contributed by atoms with E-state index in [-0.39, 0.29) is 11.9 Å². The maximum Gasteiger partial charge on any atom is 0.327 e. The van der Waals surface area contributed by atoms with Gasteiger partial charge in [0.15, 0.2) is 0 Å². The van der Waals surface area contributed by atoms with Crippen molar-refractivity contribution in [3.8, 4) is 0 Å². The third kappa shape index (κ3) is 3.17.